The molecule has 1 aliphatic carbocycles. The maximum Gasteiger partial charge on any atom is 0.435 e. The van der Waals surface area contributed by atoms with Gasteiger partial charge in [-0.2, -0.15) is 18.3 Å². The van der Waals surface area contributed by atoms with Crippen LogP contribution < -0.4 is 5.32 Å². The smallest absolute Gasteiger partial charge is 0.354 e. The molecule has 0 bridgehead atoms. The van der Waals surface area contributed by atoms with E-state index < -0.39 is 11.9 Å². The van der Waals surface area contributed by atoms with Gasteiger partial charge in [0.25, 0.3) is 0 Å². The molecule has 0 saturated carbocycles. The minimum Gasteiger partial charge on any atom is -0.354 e. The van der Waals surface area contributed by atoms with Gasteiger partial charge in [-0.15, -0.1) is 0 Å². The zero-order valence-electron chi connectivity index (χ0n) is 11.4. The molecule has 7 heteroatoms. The summed E-state index contributed by atoms with van der Waals surface area (Å²) in [6.07, 6.45) is -1.32. The molecular formula is C13H18F3N3O. The van der Waals surface area contributed by atoms with Crippen LogP contribution >= 0.6 is 0 Å². The van der Waals surface area contributed by atoms with Crippen molar-refractivity contribution in [1.29, 1.82) is 0 Å². The number of aromatic nitrogens is 2. The van der Waals surface area contributed by atoms with Crippen molar-refractivity contribution in [3.63, 3.8) is 0 Å². The molecule has 0 aromatic carbocycles. The van der Waals surface area contributed by atoms with Gasteiger partial charge < -0.3 is 5.32 Å². The van der Waals surface area contributed by atoms with E-state index in [4.69, 9.17) is 0 Å². The van der Waals surface area contributed by atoms with Crippen molar-refractivity contribution in [3.05, 3.63) is 17.0 Å². The van der Waals surface area contributed by atoms with Crippen LogP contribution in [0.2, 0.25) is 0 Å². The highest BCUT2D eigenvalue weighted by Crippen LogP contribution is 2.35. The summed E-state index contributed by atoms with van der Waals surface area (Å²) in [6.45, 7) is 2.31. The zero-order chi connectivity index (χ0) is 14.8. The van der Waals surface area contributed by atoms with Gasteiger partial charge in [0, 0.05) is 24.2 Å². The summed E-state index contributed by atoms with van der Waals surface area (Å²) >= 11 is 0. The highest BCUT2D eigenvalue weighted by molar-refractivity contribution is 5.75. The van der Waals surface area contributed by atoms with Gasteiger partial charge in [-0.1, -0.05) is 6.92 Å². The Morgan fingerprint density at radius 2 is 2.05 bits per heavy atom. The normalized spacial score (nSPS) is 15.0. The van der Waals surface area contributed by atoms with Crippen molar-refractivity contribution in [3.8, 4) is 0 Å². The van der Waals surface area contributed by atoms with Crippen molar-refractivity contribution in [1.82, 2.24) is 15.1 Å². The first-order valence-electron chi connectivity index (χ1n) is 6.86. The third kappa shape index (κ3) is 3.13. The van der Waals surface area contributed by atoms with Crippen LogP contribution in [0.4, 0.5) is 13.2 Å². The van der Waals surface area contributed by atoms with Crippen molar-refractivity contribution in [2.75, 3.05) is 6.54 Å². The Kier molecular flexibility index (Phi) is 4.35. The molecule has 0 radical (unpaired) electrons. The molecule has 1 aromatic heterocycles. The number of fused-ring (bicyclic) bond motifs is 1. The molecule has 0 unspecified atom stereocenters. The summed E-state index contributed by atoms with van der Waals surface area (Å²) in [5.74, 6) is -0.109. The molecule has 2 rings (SSSR count). The van der Waals surface area contributed by atoms with Crippen LogP contribution in [0, 0.1) is 0 Å². The molecule has 0 atom stereocenters. The zero-order valence-corrected chi connectivity index (χ0v) is 11.4. The first-order chi connectivity index (χ1) is 9.43. The Hall–Kier alpha value is -1.53. The van der Waals surface area contributed by atoms with Crippen LogP contribution in [0.25, 0.3) is 0 Å². The van der Waals surface area contributed by atoms with Crippen LogP contribution in [0.1, 0.15) is 43.1 Å². The van der Waals surface area contributed by atoms with Crippen molar-refractivity contribution in [2.24, 2.45) is 0 Å². The molecule has 20 heavy (non-hydrogen) atoms. The number of rotatable bonds is 4. The van der Waals surface area contributed by atoms with Crippen LogP contribution in [0.15, 0.2) is 0 Å². The lowest BCUT2D eigenvalue weighted by Crippen LogP contribution is -2.27. The minimum absolute atomic E-state index is 0.109. The third-order valence-corrected chi connectivity index (χ3v) is 3.49. The number of nitrogens with zero attached hydrogens (tertiary/aromatic N) is 2. The minimum atomic E-state index is -4.40. The molecule has 0 saturated heterocycles. The second kappa shape index (κ2) is 5.85. The van der Waals surface area contributed by atoms with E-state index in [1.165, 1.54) is 4.68 Å². The first-order valence-corrected chi connectivity index (χ1v) is 6.86. The van der Waals surface area contributed by atoms with Crippen LogP contribution in [0.5, 0.6) is 0 Å². The van der Waals surface area contributed by atoms with Crippen molar-refractivity contribution in [2.45, 2.75) is 51.7 Å². The lowest BCUT2D eigenvalue weighted by Gasteiger charge is -2.14. The Morgan fingerprint density at radius 1 is 1.35 bits per heavy atom. The van der Waals surface area contributed by atoms with Gasteiger partial charge in [-0.25, -0.2) is 0 Å². The lowest BCUT2D eigenvalue weighted by atomic mass is 9.95. The van der Waals surface area contributed by atoms with Crippen molar-refractivity contribution < 1.29 is 18.0 Å². The predicted octanol–water partition coefficient (Wildman–Crippen LogP) is 2.31. The monoisotopic (exact) mass is 289 g/mol. The van der Waals surface area contributed by atoms with Crippen LogP contribution in [-0.4, -0.2) is 22.2 Å². The second-order valence-corrected chi connectivity index (χ2v) is 4.91. The molecule has 112 valence electrons. The average Bonchev–Trinajstić information content (AvgIpc) is 2.78. The maximum atomic E-state index is 12.9. The summed E-state index contributed by atoms with van der Waals surface area (Å²) in [4.78, 5) is 11.1. The fourth-order valence-corrected chi connectivity index (χ4v) is 2.51. The molecule has 0 spiro atoms. The first kappa shape index (κ1) is 14.9. The van der Waals surface area contributed by atoms with Crippen LogP contribution in [-0.2, 0) is 30.4 Å². The van der Waals surface area contributed by atoms with E-state index in [1.807, 2.05) is 0 Å². The quantitative estimate of drug-likeness (QED) is 0.924. The number of carbonyl (C=O) groups is 1. The summed E-state index contributed by atoms with van der Waals surface area (Å²) < 4.78 is 40.3. The summed E-state index contributed by atoms with van der Waals surface area (Å²) in [5.41, 5.74) is 0.258. The molecule has 0 aliphatic heterocycles. The van der Waals surface area contributed by atoms with Gasteiger partial charge >= 0.3 is 6.18 Å². The number of hydrogen-bond acceptors (Lipinski definition) is 2. The Labute approximate surface area is 115 Å². The van der Waals surface area contributed by atoms with E-state index >= 15 is 0 Å². The molecule has 1 heterocycles. The van der Waals surface area contributed by atoms with E-state index in [2.05, 4.69) is 10.4 Å². The predicted molar refractivity (Wildman–Crippen MR) is 67.2 cm³/mol. The van der Waals surface area contributed by atoms with E-state index in [1.54, 1.807) is 6.92 Å². The van der Waals surface area contributed by atoms with Gasteiger partial charge in [-0.05, 0) is 25.7 Å². The lowest BCUT2D eigenvalue weighted by molar-refractivity contribution is -0.142. The largest absolute Gasteiger partial charge is 0.435 e. The number of halogens is 3. The summed E-state index contributed by atoms with van der Waals surface area (Å²) in [6, 6.07) is 0. The fraction of sp³-hybridized carbons (Fsp3) is 0.692. The molecule has 1 aliphatic rings. The number of amides is 1. The van der Waals surface area contributed by atoms with E-state index in [0.717, 1.165) is 12.8 Å². The average molecular weight is 289 g/mol. The summed E-state index contributed by atoms with van der Waals surface area (Å²) in [5, 5.41) is 6.38. The highest BCUT2D eigenvalue weighted by Gasteiger charge is 2.39. The highest BCUT2D eigenvalue weighted by atomic mass is 19.4. The number of hydrogen-bond donors (Lipinski definition) is 1. The van der Waals surface area contributed by atoms with Gasteiger partial charge in [0.2, 0.25) is 5.91 Å². The van der Waals surface area contributed by atoms with Gasteiger partial charge in [0.1, 0.15) is 0 Å². The molecular weight excluding hydrogens is 271 g/mol. The number of carbonyl (C=O) groups excluding carboxylic acids is 1. The molecule has 1 N–H and O–H groups in total. The molecule has 4 nitrogen and oxygen atoms in total. The molecule has 1 aromatic rings. The summed E-state index contributed by atoms with van der Waals surface area (Å²) in [7, 11) is 0. The SMILES string of the molecule is CCC(=O)NCCn1nc(C(F)(F)F)c2c1CCCC2. The Balaban J connectivity index is 2.16. The van der Waals surface area contributed by atoms with Gasteiger partial charge in [0.05, 0.1) is 6.54 Å². The van der Waals surface area contributed by atoms with Crippen LogP contribution in [0.3, 0.4) is 0 Å². The fourth-order valence-electron chi connectivity index (χ4n) is 2.51. The van der Waals surface area contributed by atoms with Gasteiger partial charge in [0.15, 0.2) is 5.69 Å². The third-order valence-electron chi connectivity index (χ3n) is 3.49. The van der Waals surface area contributed by atoms with Gasteiger partial charge in [-0.3, -0.25) is 9.48 Å². The molecule has 0 fully saturated rings. The van der Waals surface area contributed by atoms with Crippen molar-refractivity contribution >= 4 is 5.91 Å². The Morgan fingerprint density at radius 3 is 2.70 bits per heavy atom. The molecule has 1 amide bonds. The Bertz CT molecular complexity index is 494. The van der Waals surface area contributed by atoms with E-state index in [9.17, 15) is 18.0 Å². The van der Waals surface area contributed by atoms with E-state index in [-0.39, 0.29) is 12.5 Å². The second-order valence-electron chi connectivity index (χ2n) is 4.91. The standard InChI is InChI=1S/C13H18F3N3O/c1-2-11(20)17-7-8-19-10-6-4-3-5-9(10)12(18-19)13(14,15)16/h2-8H2,1H3,(H,17,20). The number of alkyl halides is 3. The van der Waals surface area contributed by atoms with E-state index in [0.29, 0.717) is 37.1 Å². The maximum absolute atomic E-state index is 12.9. The number of nitrogens with one attached hydrogen (secondary N) is 1. The topological polar surface area (TPSA) is 46.9 Å².